The highest BCUT2D eigenvalue weighted by atomic mass is 16.6. The Kier molecular flexibility index (Phi) is 3.51. The molecule has 1 amide bonds. The number of ether oxygens (including phenoxy) is 1. The van der Waals surface area contributed by atoms with Gasteiger partial charge in [-0.15, -0.1) is 0 Å². The van der Waals surface area contributed by atoms with Gasteiger partial charge in [-0.1, -0.05) is 35.8 Å². The molecule has 0 radical (unpaired) electrons. The Labute approximate surface area is 114 Å². The fourth-order valence-corrected chi connectivity index (χ4v) is 1.97. The molecule has 0 aliphatic carbocycles. The van der Waals surface area contributed by atoms with Crippen LogP contribution < -0.4 is 10.8 Å². The molecule has 2 aromatic rings. The molecule has 98 valence electrons. The lowest BCUT2D eigenvalue weighted by molar-refractivity contribution is 0.0636. The maximum Gasteiger partial charge on any atom is 0.412 e. The fraction of sp³-hybridized carbons (Fsp3) is 0.267. The van der Waals surface area contributed by atoms with Crippen LogP contribution in [0.1, 0.15) is 20.8 Å². The van der Waals surface area contributed by atoms with Crippen molar-refractivity contribution in [3.8, 4) is 0 Å². The van der Waals surface area contributed by atoms with Crippen LogP contribution in [0.5, 0.6) is 0 Å². The number of hydrogen-bond donors (Lipinski definition) is 1. The quantitative estimate of drug-likeness (QED) is 0.795. The molecular formula is C15H18BNO2. The number of hydrogen-bond acceptors (Lipinski definition) is 2. The summed E-state index contributed by atoms with van der Waals surface area (Å²) < 4.78 is 5.27. The third-order valence-corrected chi connectivity index (χ3v) is 2.78. The van der Waals surface area contributed by atoms with E-state index in [1.807, 2.05) is 57.2 Å². The van der Waals surface area contributed by atoms with Gasteiger partial charge in [0.15, 0.2) is 0 Å². The standard InChI is InChI=1S/C15H18BNO2/c1-15(2,3)19-14(18)17-13-9-8-12(16)10-6-4-5-7-11(10)13/h4-9H,16H2,1-3H3,(H,17,18). The zero-order valence-corrected chi connectivity index (χ0v) is 11.8. The molecule has 1 N–H and O–H groups in total. The predicted octanol–water partition coefficient (Wildman–Crippen LogP) is 2.45. The van der Waals surface area contributed by atoms with Crippen molar-refractivity contribution < 1.29 is 9.53 Å². The van der Waals surface area contributed by atoms with Gasteiger partial charge in [0, 0.05) is 5.39 Å². The van der Waals surface area contributed by atoms with Crippen LogP contribution in [0.3, 0.4) is 0 Å². The Balaban J connectivity index is 2.31. The summed E-state index contributed by atoms with van der Waals surface area (Å²) in [5, 5.41) is 4.96. The Hall–Kier alpha value is -1.97. The first-order valence-corrected chi connectivity index (χ1v) is 6.35. The summed E-state index contributed by atoms with van der Waals surface area (Å²) in [6.07, 6.45) is -0.429. The molecule has 19 heavy (non-hydrogen) atoms. The molecule has 0 saturated carbocycles. The first-order valence-electron chi connectivity index (χ1n) is 6.35. The molecular weight excluding hydrogens is 237 g/mol. The molecule has 0 aromatic heterocycles. The average molecular weight is 255 g/mol. The molecule has 4 heteroatoms. The van der Waals surface area contributed by atoms with Crippen LogP contribution in [-0.4, -0.2) is 19.5 Å². The van der Waals surface area contributed by atoms with Gasteiger partial charge in [-0.25, -0.2) is 4.79 Å². The van der Waals surface area contributed by atoms with Gasteiger partial charge in [-0.05, 0) is 32.2 Å². The maximum atomic E-state index is 11.8. The minimum atomic E-state index is -0.495. The van der Waals surface area contributed by atoms with Crippen molar-refractivity contribution in [3.05, 3.63) is 36.4 Å². The van der Waals surface area contributed by atoms with E-state index in [2.05, 4.69) is 13.2 Å². The van der Waals surface area contributed by atoms with E-state index in [-0.39, 0.29) is 0 Å². The number of fused-ring (bicyclic) bond motifs is 1. The van der Waals surface area contributed by atoms with E-state index in [1.54, 1.807) is 0 Å². The van der Waals surface area contributed by atoms with Gasteiger partial charge >= 0.3 is 6.09 Å². The van der Waals surface area contributed by atoms with Crippen molar-refractivity contribution in [1.82, 2.24) is 0 Å². The van der Waals surface area contributed by atoms with Crippen molar-refractivity contribution in [2.45, 2.75) is 26.4 Å². The van der Waals surface area contributed by atoms with Crippen LogP contribution in [-0.2, 0) is 4.74 Å². The normalized spacial score (nSPS) is 11.3. The van der Waals surface area contributed by atoms with Crippen LogP contribution in [0.2, 0.25) is 0 Å². The van der Waals surface area contributed by atoms with Crippen molar-refractivity contribution in [1.29, 1.82) is 0 Å². The topological polar surface area (TPSA) is 38.3 Å². The number of benzene rings is 2. The molecule has 0 aliphatic heterocycles. The lowest BCUT2D eigenvalue weighted by Crippen LogP contribution is -2.27. The minimum Gasteiger partial charge on any atom is -0.444 e. The summed E-state index contributed by atoms with van der Waals surface area (Å²) in [6, 6.07) is 11.9. The second-order valence-electron chi connectivity index (χ2n) is 5.60. The zero-order valence-electron chi connectivity index (χ0n) is 11.8. The summed E-state index contributed by atoms with van der Waals surface area (Å²) in [7, 11) is 2.06. The van der Waals surface area contributed by atoms with E-state index in [0.29, 0.717) is 0 Å². The predicted molar refractivity (Wildman–Crippen MR) is 82.0 cm³/mol. The smallest absolute Gasteiger partial charge is 0.412 e. The highest BCUT2D eigenvalue weighted by Gasteiger charge is 2.16. The van der Waals surface area contributed by atoms with Gasteiger partial charge < -0.3 is 4.74 Å². The van der Waals surface area contributed by atoms with Gasteiger partial charge in [-0.3, -0.25) is 5.32 Å². The van der Waals surface area contributed by atoms with E-state index >= 15 is 0 Å². The first-order chi connectivity index (χ1) is 8.87. The highest BCUT2D eigenvalue weighted by Crippen LogP contribution is 2.22. The van der Waals surface area contributed by atoms with Crippen molar-refractivity contribution in [2.24, 2.45) is 0 Å². The minimum absolute atomic E-state index is 0.429. The molecule has 0 saturated heterocycles. The van der Waals surface area contributed by atoms with Gasteiger partial charge in [0.2, 0.25) is 0 Å². The number of carbonyl (C=O) groups excluding carboxylic acids is 1. The van der Waals surface area contributed by atoms with E-state index in [0.717, 1.165) is 16.5 Å². The van der Waals surface area contributed by atoms with Gasteiger partial charge in [-0.2, -0.15) is 0 Å². The summed E-state index contributed by atoms with van der Waals surface area (Å²) in [5.41, 5.74) is 1.46. The second-order valence-corrected chi connectivity index (χ2v) is 5.60. The van der Waals surface area contributed by atoms with Crippen molar-refractivity contribution in [2.75, 3.05) is 5.32 Å². The van der Waals surface area contributed by atoms with Crippen LogP contribution in [0, 0.1) is 0 Å². The summed E-state index contributed by atoms with van der Waals surface area (Å²) in [5.74, 6) is 0. The maximum absolute atomic E-state index is 11.8. The van der Waals surface area contributed by atoms with E-state index in [4.69, 9.17) is 4.74 Å². The van der Waals surface area contributed by atoms with E-state index in [9.17, 15) is 4.79 Å². The van der Waals surface area contributed by atoms with Crippen molar-refractivity contribution >= 4 is 35.9 Å². The van der Waals surface area contributed by atoms with Crippen molar-refractivity contribution in [3.63, 3.8) is 0 Å². The SMILES string of the molecule is Bc1ccc(NC(=O)OC(C)(C)C)c2ccccc12. The lowest BCUT2D eigenvalue weighted by atomic mass is 9.89. The molecule has 0 fully saturated rings. The molecule has 0 unspecified atom stereocenters. The molecule has 0 aliphatic rings. The summed E-state index contributed by atoms with van der Waals surface area (Å²) >= 11 is 0. The molecule has 0 atom stereocenters. The molecule has 0 bridgehead atoms. The lowest BCUT2D eigenvalue weighted by Gasteiger charge is -2.20. The molecule has 0 heterocycles. The summed E-state index contributed by atoms with van der Waals surface area (Å²) in [4.78, 5) is 11.8. The van der Waals surface area contributed by atoms with Gasteiger partial charge in [0.1, 0.15) is 13.4 Å². The summed E-state index contributed by atoms with van der Waals surface area (Å²) in [6.45, 7) is 5.54. The Bertz CT molecular complexity index is 617. The monoisotopic (exact) mass is 255 g/mol. The zero-order chi connectivity index (χ0) is 14.0. The third-order valence-electron chi connectivity index (χ3n) is 2.78. The number of carbonyl (C=O) groups is 1. The molecule has 2 aromatic carbocycles. The Morgan fingerprint density at radius 1 is 1.11 bits per heavy atom. The van der Waals surface area contributed by atoms with Crippen LogP contribution in [0.15, 0.2) is 36.4 Å². The Morgan fingerprint density at radius 2 is 1.74 bits per heavy atom. The average Bonchev–Trinajstić information content (AvgIpc) is 2.31. The molecule has 0 spiro atoms. The Morgan fingerprint density at radius 3 is 2.37 bits per heavy atom. The number of rotatable bonds is 1. The van der Waals surface area contributed by atoms with E-state index < -0.39 is 11.7 Å². The third kappa shape index (κ3) is 3.28. The van der Waals surface area contributed by atoms with Gasteiger partial charge in [0.25, 0.3) is 0 Å². The van der Waals surface area contributed by atoms with E-state index in [1.165, 1.54) is 5.46 Å². The van der Waals surface area contributed by atoms with Gasteiger partial charge in [0.05, 0.1) is 5.69 Å². The van der Waals surface area contributed by atoms with Crippen LogP contribution in [0.4, 0.5) is 10.5 Å². The van der Waals surface area contributed by atoms with Crippen LogP contribution in [0.25, 0.3) is 10.8 Å². The molecule has 3 nitrogen and oxygen atoms in total. The number of nitrogens with one attached hydrogen (secondary N) is 1. The molecule has 2 rings (SSSR count). The highest BCUT2D eigenvalue weighted by molar-refractivity contribution is 6.39. The second kappa shape index (κ2) is 4.96. The number of amides is 1. The first kappa shape index (κ1) is 13.5. The van der Waals surface area contributed by atoms with Crippen LogP contribution >= 0.6 is 0 Å². The largest absolute Gasteiger partial charge is 0.444 e. The number of anilines is 1. The fourth-order valence-electron chi connectivity index (χ4n) is 1.97.